The lowest BCUT2D eigenvalue weighted by atomic mass is 10.1. The van der Waals surface area contributed by atoms with Gasteiger partial charge >= 0.3 is 0 Å². The van der Waals surface area contributed by atoms with Crippen LogP contribution in [0.3, 0.4) is 0 Å². The number of para-hydroxylation sites is 1. The molecule has 3 heterocycles. The van der Waals surface area contributed by atoms with Gasteiger partial charge in [0.1, 0.15) is 6.07 Å². The lowest BCUT2D eigenvalue weighted by Gasteiger charge is -2.24. The third-order valence-corrected chi connectivity index (χ3v) is 5.27. The minimum absolute atomic E-state index is 0.745. The molecule has 0 unspecified atom stereocenters. The first kappa shape index (κ1) is 15.0. The number of hydrogen-bond donors (Lipinski definition) is 0. The first-order chi connectivity index (χ1) is 11.7. The number of aryl methyl sites for hydroxylation is 1. The zero-order valence-corrected chi connectivity index (χ0v) is 14.3. The first-order valence-electron chi connectivity index (χ1n) is 8.06. The van der Waals surface area contributed by atoms with Crippen LogP contribution in [0.25, 0.3) is 4.96 Å². The Morgan fingerprint density at radius 2 is 1.92 bits per heavy atom. The molecule has 4 rings (SSSR count). The number of nitriles is 1. The van der Waals surface area contributed by atoms with Crippen molar-refractivity contribution in [3.63, 3.8) is 0 Å². The summed E-state index contributed by atoms with van der Waals surface area (Å²) >= 11 is 1.63. The third-order valence-electron chi connectivity index (χ3n) is 4.28. The predicted octanol–water partition coefficient (Wildman–Crippen LogP) is 2.69. The predicted molar refractivity (Wildman–Crippen MR) is 95.8 cm³/mol. The van der Waals surface area contributed by atoms with E-state index in [0.717, 1.165) is 59.6 Å². The van der Waals surface area contributed by atoms with Crippen LogP contribution in [-0.4, -0.2) is 40.8 Å². The van der Waals surface area contributed by atoms with E-state index in [1.807, 2.05) is 41.9 Å². The van der Waals surface area contributed by atoms with Crippen molar-refractivity contribution >= 4 is 27.1 Å². The highest BCUT2D eigenvalue weighted by atomic mass is 32.1. The summed E-state index contributed by atoms with van der Waals surface area (Å²) in [5.41, 5.74) is 2.77. The van der Waals surface area contributed by atoms with Gasteiger partial charge in [0.05, 0.1) is 23.1 Å². The van der Waals surface area contributed by atoms with Crippen LogP contribution in [0.15, 0.2) is 30.5 Å². The molecular weight excluding hydrogens is 320 g/mol. The Labute approximate surface area is 144 Å². The number of imidazole rings is 1. The highest BCUT2D eigenvalue weighted by Gasteiger charge is 2.20. The fourth-order valence-corrected chi connectivity index (χ4v) is 4.10. The van der Waals surface area contributed by atoms with Gasteiger partial charge in [0.25, 0.3) is 0 Å². The van der Waals surface area contributed by atoms with E-state index in [-0.39, 0.29) is 0 Å². The molecule has 0 N–H and O–H groups in total. The Morgan fingerprint density at radius 1 is 1.12 bits per heavy atom. The number of fused-ring (bicyclic) bond motifs is 1. The normalized spacial score (nSPS) is 15.5. The molecule has 0 amide bonds. The van der Waals surface area contributed by atoms with Crippen LogP contribution < -0.4 is 9.80 Å². The average Bonchev–Trinajstić information content (AvgIpc) is 3.02. The summed E-state index contributed by atoms with van der Waals surface area (Å²) < 4.78 is 1.86. The van der Waals surface area contributed by atoms with Gasteiger partial charge in [0.15, 0.2) is 0 Å². The Kier molecular flexibility index (Phi) is 3.82. The largest absolute Gasteiger partial charge is 0.369 e. The maximum atomic E-state index is 9.32. The highest BCUT2D eigenvalue weighted by Crippen LogP contribution is 2.26. The fourth-order valence-electron chi connectivity index (χ4n) is 3.12. The summed E-state index contributed by atoms with van der Waals surface area (Å²) in [5.74, 6) is 0. The maximum absolute atomic E-state index is 9.32. The molecule has 0 aliphatic carbocycles. The van der Waals surface area contributed by atoms with Gasteiger partial charge in [-0.3, -0.25) is 0 Å². The number of aromatic nitrogens is 3. The molecule has 0 bridgehead atoms. The van der Waals surface area contributed by atoms with E-state index >= 15 is 0 Å². The van der Waals surface area contributed by atoms with Gasteiger partial charge in [-0.15, -0.1) is 5.10 Å². The van der Waals surface area contributed by atoms with E-state index in [2.05, 4.69) is 26.0 Å². The molecule has 1 fully saturated rings. The van der Waals surface area contributed by atoms with Crippen LogP contribution in [0.2, 0.25) is 0 Å². The minimum Gasteiger partial charge on any atom is -0.369 e. The topological polar surface area (TPSA) is 60.5 Å². The lowest BCUT2D eigenvalue weighted by Crippen LogP contribution is -2.31. The van der Waals surface area contributed by atoms with Crippen molar-refractivity contribution in [1.82, 2.24) is 14.6 Å². The molecule has 122 valence electrons. The molecule has 0 radical (unpaired) electrons. The molecule has 7 heteroatoms. The van der Waals surface area contributed by atoms with E-state index in [0.29, 0.717) is 0 Å². The SMILES string of the molecule is Cc1cn2nc(N3CCCN(c4ccccc4C#N)CC3)sc2n1. The van der Waals surface area contributed by atoms with E-state index in [1.165, 1.54) is 0 Å². The van der Waals surface area contributed by atoms with Gasteiger partial charge in [-0.25, -0.2) is 9.50 Å². The van der Waals surface area contributed by atoms with Crippen molar-refractivity contribution in [2.45, 2.75) is 13.3 Å². The molecular formula is C17H18N6S. The molecule has 1 saturated heterocycles. The summed E-state index contributed by atoms with van der Waals surface area (Å²) in [7, 11) is 0. The number of anilines is 2. The standard InChI is InChI=1S/C17H18N6S/c1-13-12-23-16(19-13)24-17(20-23)22-8-4-7-21(9-10-22)15-6-3-2-5-14(15)11-18/h2-3,5-6,12H,4,7-10H2,1H3. The van der Waals surface area contributed by atoms with E-state index in [9.17, 15) is 5.26 Å². The van der Waals surface area contributed by atoms with Crippen molar-refractivity contribution in [1.29, 1.82) is 5.26 Å². The summed E-state index contributed by atoms with van der Waals surface area (Å²) in [6.07, 6.45) is 3.00. The van der Waals surface area contributed by atoms with E-state index in [1.54, 1.807) is 11.3 Å². The van der Waals surface area contributed by atoms with Crippen molar-refractivity contribution in [3.05, 3.63) is 41.7 Å². The molecule has 2 aromatic heterocycles. The first-order valence-corrected chi connectivity index (χ1v) is 8.88. The molecule has 1 aliphatic heterocycles. The summed E-state index contributed by atoms with van der Waals surface area (Å²) in [6, 6.07) is 10.1. The van der Waals surface area contributed by atoms with Crippen LogP contribution in [0.5, 0.6) is 0 Å². The van der Waals surface area contributed by atoms with Gasteiger partial charge < -0.3 is 9.80 Å². The molecule has 0 atom stereocenters. The molecule has 24 heavy (non-hydrogen) atoms. The molecule has 6 nitrogen and oxygen atoms in total. The van der Waals surface area contributed by atoms with E-state index in [4.69, 9.17) is 0 Å². The minimum atomic E-state index is 0.745. The quantitative estimate of drug-likeness (QED) is 0.719. The highest BCUT2D eigenvalue weighted by molar-refractivity contribution is 7.20. The number of nitrogens with zero attached hydrogens (tertiary/aromatic N) is 6. The zero-order chi connectivity index (χ0) is 16.5. The monoisotopic (exact) mass is 338 g/mol. The van der Waals surface area contributed by atoms with E-state index < -0.39 is 0 Å². The second kappa shape index (κ2) is 6.13. The molecule has 1 aliphatic rings. The number of rotatable bonds is 2. The van der Waals surface area contributed by atoms with Crippen molar-refractivity contribution in [2.24, 2.45) is 0 Å². The van der Waals surface area contributed by atoms with Crippen LogP contribution in [0, 0.1) is 18.3 Å². The average molecular weight is 338 g/mol. The van der Waals surface area contributed by atoms with Gasteiger partial charge in [0.2, 0.25) is 10.1 Å². The molecule has 0 saturated carbocycles. The lowest BCUT2D eigenvalue weighted by molar-refractivity contribution is 0.792. The summed E-state index contributed by atoms with van der Waals surface area (Å²) in [6.45, 7) is 5.70. The van der Waals surface area contributed by atoms with Gasteiger partial charge in [-0.05, 0) is 25.5 Å². The zero-order valence-electron chi connectivity index (χ0n) is 13.5. The maximum Gasteiger partial charge on any atom is 0.214 e. The van der Waals surface area contributed by atoms with Gasteiger partial charge in [-0.2, -0.15) is 5.26 Å². The van der Waals surface area contributed by atoms with Crippen LogP contribution >= 0.6 is 11.3 Å². The van der Waals surface area contributed by atoms with Crippen LogP contribution in [-0.2, 0) is 0 Å². The smallest absolute Gasteiger partial charge is 0.214 e. The Balaban J connectivity index is 1.53. The van der Waals surface area contributed by atoms with Gasteiger partial charge in [0, 0.05) is 26.2 Å². The van der Waals surface area contributed by atoms with Crippen LogP contribution in [0.4, 0.5) is 10.8 Å². The molecule has 1 aromatic carbocycles. The Morgan fingerprint density at radius 3 is 2.75 bits per heavy atom. The molecule has 3 aromatic rings. The van der Waals surface area contributed by atoms with Gasteiger partial charge in [-0.1, -0.05) is 23.5 Å². The Hall–Kier alpha value is -2.59. The second-order valence-corrected chi connectivity index (χ2v) is 6.89. The fraction of sp³-hybridized carbons (Fsp3) is 0.353. The second-order valence-electron chi connectivity index (χ2n) is 5.95. The number of hydrogen-bond acceptors (Lipinski definition) is 6. The summed E-state index contributed by atoms with van der Waals surface area (Å²) in [4.78, 5) is 10.1. The van der Waals surface area contributed by atoms with Crippen LogP contribution in [0.1, 0.15) is 17.7 Å². The number of benzene rings is 1. The van der Waals surface area contributed by atoms with Crippen molar-refractivity contribution in [2.75, 3.05) is 36.0 Å². The third kappa shape index (κ3) is 2.69. The Bertz CT molecular complexity index is 874. The van der Waals surface area contributed by atoms with Crippen molar-refractivity contribution < 1.29 is 0 Å². The summed E-state index contributed by atoms with van der Waals surface area (Å²) in [5, 5.41) is 15.0. The van der Waals surface area contributed by atoms with Crippen molar-refractivity contribution in [3.8, 4) is 6.07 Å². The molecule has 0 spiro atoms.